The standard InChI is InChI=1S/C16H19N/c1-16(2,15-9-12-17-13-10-15)11-8-14-6-4-3-5-7-14/h3-7,9-10,12-13H,8,11H2,1-2H3. The number of nitrogens with zero attached hydrogens (tertiary/aromatic N) is 1. The van der Waals surface area contributed by atoms with E-state index in [4.69, 9.17) is 0 Å². The normalized spacial score (nSPS) is 11.4. The van der Waals surface area contributed by atoms with Crippen molar-refractivity contribution in [3.63, 3.8) is 0 Å². The molecule has 0 fully saturated rings. The van der Waals surface area contributed by atoms with Gasteiger partial charge in [0, 0.05) is 12.4 Å². The zero-order valence-corrected chi connectivity index (χ0v) is 10.6. The molecule has 0 amide bonds. The van der Waals surface area contributed by atoms with Gasteiger partial charge in [0.1, 0.15) is 0 Å². The van der Waals surface area contributed by atoms with E-state index in [1.54, 1.807) is 0 Å². The van der Waals surface area contributed by atoms with Gasteiger partial charge in [-0.15, -0.1) is 0 Å². The molecule has 0 bridgehead atoms. The van der Waals surface area contributed by atoms with Gasteiger partial charge in [-0.05, 0) is 41.5 Å². The van der Waals surface area contributed by atoms with Gasteiger partial charge >= 0.3 is 0 Å². The van der Waals surface area contributed by atoms with Gasteiger partial charge in [0.05, 0.1) is 0 Å². The van der Waals surface area contributed by atoms with E-state index in [1.807, 2.05) is 12.4 Å². The molecule has 0 saturated heterocycles. The molecule has 1 heteroatoms. The van der Waals surface area contributed by atoms with E-state index >= 15 is 0 Å². The molecule has 0 aliphatic heterocycles. The highest BCUT2D eigenvalue weighted by molar-refractivity contribution is 5.22. The van der Waals surface area contributed by atoms with Gasteiger partial charge in [-0.2, -0.15) is 0 Å². The maximum atomic E-state index is 4.08. The monoisotopic (exact) mass is 225 g/mol. The summed E-state index contributed by atoms with van der Waals surface area (Å²) in [6.45, 7) is 4.59. The fourth-order valence-corrected chi connectivity index (χ4v) is 2.05. The van der Waals surface area contributed by atoms with Crippen molar-refractivity contribution >= 4 is 0 Å². The van der Waals surface area contributed by atoms with Gasteiger partial charge in [-0.25, -0.2) is 0 Å². The van der Waals surface area contributed by atoms with Crippen molar-refractivity contribution in [1.82, 2.24) is 4.98 Å². The predicted molar refractivity (Wildman–Crippen MR) is 72.0 cm³/mol. The Morgan fingerprint density at radius 2 is 1.59 bits per heavy atom. The summed E-state index contributed by atoms with van der Waals surface area (Å²) < 4.78 is 0. The molecular weight excluding hydrogens is 206 g/mol. The first-order valence-electron chi connectivity index (χ1n) is 6.13. The van der Waals surface area contributed by atoms with Gasteiger partial charge in [0.15, 0.2) is 0 Å². The van der Waals surface area contributed by atoms with Crippen molar-refractivity contribution in [2.45, 2.75) is 32.1 Å². The summed E-state index contributed by atoms with van der Waals surface area (Å²) in [5.41, 5.74) is 2.98. The van der Waals surface area contributed by atoms with Crippen molar-refractivity contribution in [2.24, 2.45) is 0 Å². The number of aryl methyl sites for hydroxylation is 1. The van der Waals surface area contributed by atoms with Gasteiger partial charge in [0.2, 0.25) is 0 Å². The number of hydrogen-bond acceptors (Lipinski definition) is 1. The van der Waals surface area contributed by atoms with Crippen LogP contribution in [0, 0.1) is 0 Å². The van der Waals surface area contributed by atoms with Crippen molar-refractivity contribution in [3.05, 3.63) is 66.0 Å². The largest absolute Gasteiger partial charge is 0.265 e. The lowest BCUT2D eigenvalue weighted by Gasteiger charge is -2.25. The van der Waals surface area contributed by atoms with Crippen LogP contribution in [0.5, 0.6) is 0 Å². The molecule has 0 N–H and O–H groups in total. The van der Waals surface area contributed by atoms with Gasteiger partial charge < -0.3 is 0 Å². The molecule has 2 rings (SSSR count). The molecule has 0 unspecified atom stereocenters. The van der Waals surface area contributed by atoms with Crippen molar-refractivity contribution in [3.8, 4) is 0 Å². The third-order valence-electron chi connectivity index (χ3n) is 3.34. The maximum Gasteiger partial charge on any atom is 0.0270 e. The summed E-state index contributed by atoms with van der Waals surface area (Å²) in [5.74, 6) is 0. The van der Waals surface area contributed by atoms with Crippen molar-refractivity contribution in [1.29, 1.82) is 0 Å². The van der Waals surface area contributed by atoms with Crippen LogP contribution in [0.15, 0.2) is 54.9 Å². The zero-order valence-electron chi connectivity index (χ0n) is 10.6. The van der Waals surface area contributed by atoms with Crippen LogP contribution in [-0.4, -0.2) is 4.98 Å². The number of aromatic nitrogens is 1. The molecule has 0 atom stereocenters. The van der Waals surface area contributed by atoms with Crippen LogP contribution in [0.2, 0.25) is 0 Å². The fraction of sp³-hybridized carbons (Fsp3) is 0.312. The molecular formula is C16H19N. The molecule has 0 radical (unpaired) electrons. The summed E-state index contributed by atoms with van der Waals surface area (Å²) in [5, 5.41) is 0. The Hall–Kier alpha value is -1.63. The highest BCUT2D eigenvalue weighted by Crippen LogP contribution is 2.27. The smallest absolute Gasteiger partial charge is 0.0270 e. The van der Waals surface area contributed by atoms with Gasteiger partial charge in [-0.1, -0.05) is 44.2 Å². The molecule has 0 spiro atoms. The Labute approximate surface area is 104 Å². The van der Waals surface area contributed by atoms with E-state index in [1.165, 1.54) is 11.1 Å². The maximum absolute atomic E-state index is 4.08. The van der Waals surface area contributed by atoms with Crippen LogP contribution in [0.1, 0.15) is 31.4 Å². The number of rotatable bonds is 4. The summed E-state index contributed by atoms with van der Waals surface area (Å²) in [6.07, 6.45) is 6.02. The molecule has 0 aliphatic rings. The zero-order chi connectivity index (χ0) is 12.1. The van der Waals surface area contributed by atoms with E-state index in [0.717, 1.165) is 12.8 Å². The van der Waals surface area contributed by atoms with Crippen LogP contribution in [0.25, 0.3) is 0 Å². The van der Waals surface area contributed by atoms with Gasteiger partial charge in [0.25, 0.3) is 0 Å². The lowest BCUT2D eigenvalue weighted by atomic mass is 9.80. The highest BCUT2D eigenvalue weighted by Gasteiger charge is 2.19. The van der Waals surface area contributed by atoms with Crippen LogP contribution in [0.4, 0.5) is 0 Å². The Bertz CT molecular complexity index is 445. The van der Waals surface area contributed by atoms with Crippen molar-refractivity contribution in [2.75, 3.05) is 0 Å². The summed E-state index contributed by atoms with van der Waals surface area (Å²) in [4.78, 5) is 4.08. The second-order valence-corrected chi connectivity index (χ2v) is 5.11. The Balaban J connectivity index is 2.03. The lowest BCUT2D eigenvalue weighted by molar-refractivity contribution is 0.479. The summed E-state index contributed by atoms with van der Waals surface area (Å²) >= 11 is 0. The molecule has 17 heavy (non-hydrogen) atoms. The first-order chi connectivity index (χ1) is 8.18. The molecule has 1 heterocycles. The first kappa shape index (κ1) is 11.8. The second-order valence-electron chi connectivity index (χ2n) is 5.11. The van der Waals surface area contributed by atoms with E-state index in [0.29, 0.717) is 0 Å². The van der Waals surface area contributed by atoms with Crippen LogP contribution in [0.3, 0.4) is 0 Å². The average molecular weight is 225 g/mol. The minimum atomic E-state index is 0.207. The van der Waals surface area contributed by atoms with E-state index in [9.17, 15) is 0 Å². The third kappa shape index (κ3) is 3.16. The van der Waals surface area contributed by atoms with Crippen LogP contribution < -0.4 is 0 Å². The van der Waals surface area contributed by atoms with Gasteiger partial charge in [-0.3, -0.25) is 4.98 Å². The number of hydrogen-bond donors (Lipinski definition) is 0. The Kier molecular flexibility index (Phi) is 3.58. The SMILES string of the molecule is CC(C)(CCc1ccccc1)c1ccncc1. The minimum absolute atomic E-state index is 0.207. The summed E-state index contributed by atoms with van der Waals surface area (Å²) in [6, 6.07) is 14.9. The minimum Gasteiger partial charge on any atom is -0.265 e. The predicted octanol–water partition coefficient (Wildman–Crippen LogP) is 3.99. The van der Waals surface area contributed by atoms with E-state index in [2.05, 4.69) is 61.3 Å². The van der Waals surface area contributed by atoms with E-state index < -0.39 is 0 Å². The Morgan fingerprint density at radius 3 is 2.24 bits per heavy atom. The second kappa shape index (κ2) is 5.13. The summed E-state index contributed by atoms with van der Waals surface area (Å²) in [7, 11) is 0. The quantitative estimate of drug-likeness (QED) is 0.766. The average Bonchev–Trinajstić information content (AvgIpc) is 2.39. The van der Waals surface area contributed by atoms with Crippen LogP contribution >= 0.6 is 0 Å². The van der Waals surface area contributed by atoms with Crippen LogP contribution in [-0.2, 0) is 11.8 Å². The molecule has 1 nitrogen and oxygen atoms in total. The third-order valence-corrected chi connectivity index (χ3v) is 3.34. The number of pyridine rings is 1. The molecule has 1 aromatic carbocycles. The topological polar surface area (TPSA) is 12.9 Å². The number of benzene rings is 1. The molecule has 0 aliphatic carbocycles. The molecule has 0 saturated carbocycles. The van der Waals surface area contributed by atoms with E-state index in [-0.39, 0.29) is 5.41 Å². The highest BCUT2D eigenvalue weighted by atomic mass is 14.6. The molecule has 1 aromatic heterocycles. The molecule has 2 aromatic rings. The Morgan fingerprint density at radius 1 is 0.941 bits per heavy atom. The molecule has 88 valence electrons. The fourth-order valence-electron chi connectivity index (χ4n) is 2.05. The lowest BCUT2D eigenvalue weighted by Crippen LogP contribution is -2.18. The first-order valence-corrected chi connectivity index (χ1v) is 6.13. The van der Waals surface area contributed by atoms with Crippen molar-refractivity contribution < 1.29 is 0 Å².